The molecule has 1 saturated heterocycles. The van der Waals surface area contributed by atoms with Crippen molar-refractivity contribution in [3.63, 3.8) is 0 Å². The number of amides is 1. The lowest BCUT2D eigenvalue weighted by atomic mass is 9.97. The van der Waals surface area contributed by atoms with Crippen LogP contribution >= 0.6 is 11.3 Å². The van der Waals surface area contributed by atoms with Gasteiger partial charge in [0.25, 0.3) is 5.78 Å². The first-order valence-corrected chi connectivity index (χ1v) is 10.7. The molecule has 1 aliphatic heterocycles. The van der Waals surface area contributed by atoms with Gasteiger partial charge in [-0.1, -0.05) is 12.1 Å². The number of hydrogen-bond donors (Lipinski definition) is 0. The minimum Gasteiger partial charge on any atom is -0.342 e. The number of hydrogen-bond acceptors (Lipinski definition) is 6. The van der Waals surface area contributed by atoms with Crippen LogP contribution < -0.4 is 0 Å². The van der Waals surface area contributed by atoms with Crippen LogP contribution in [0, 0.1) is 13.8 Å². The number of thiazole rings is 1. The van der Waals surface area contributed by atoms with Gasteiger partial charge in [-0.25, -0.2) is 14.5 Å². The van der Waals surface area contributed by atoms with Crippen LogP contribution in [0.25, 0.3) is 16.0 Å². The lowest BCUT2D eigenvalue weighted by molar-refractivity contribution is -0.131. The van der Waals surface area contributed by atoms with Crippen molar-refractivity contribution in [2.45, 2.75) is 39.0 Å². The van der Waals surface area contributed by atoms with E-state index in [4.69, 9.17) is 4.98 Å². The molecule has 5 rings (SSSR count). The molecule has 7 nitrogen and oxygen atoms in total. The van der Waals surface area contributed by atoms with E-state index in [-0.39, 0.29) is 5.91 Å². The number of aromatic nitrogens is 5. The SMILES string of the molecule is Cc1nc2ncnn2c(C)c1CC(=O)N1CCC[C@H](c2nc3ccccc3s2)C1. The van der Waals surface area contributed by atoms with Crippen molar-refractivity contribution >= 4 is 33.2 Å². The molecule has 8 heteroatoms. The molecule has 0 unspecified atom stereocenters. The Balaban J connectivity index is 1.36. The van der Waals surface area contributed by atoms with E-state index < -0.39 is 0 Å². The predicted molar refractivity (Wildman–Crippen MR) is 112 cm³/mol. The average Bonchev–Trinajstić information content (AvgIpc) is 3.38. The van der Waals surface area contributed by atoms with Gasteiger partial charge in [-0.2, -0.15) is 10.1 Å². The summed E-state index contributed by atoms with van der Waals surface area (Å²) in [4.78, 5) is 28.6. The summed E-state index contributed by atoms with van der Waals surface area (Å²) < 4.78 is 2.92. The molecule has 0 bridgehead atoms. The van der Waals surface area contributed by atoms with Gasteiger partial charge < -0.3 is 4.90 Å². The van der Waals surface area contributed by atoms with Crippen molar-refractivity contribution in [2.24, 2.45) is 0 Å². The van der Waals surface area contributed by atoms with Gasteiger partial charge in [0.1, 0.15) is 6.33 Å². The van der Waals surface area contributed by atoms with Crippen molar-refractivity contribution in [1.29, 1.82) is 0 Å². The number of rotatable bonds is 3. The van der Waals surface area contributed by atoms with Crippen LogP contribution in [0.15, 0.2) is 30.6 Å². The largest absolute Gasteiger partial charge is 0.342 e. The molecule has 0 spiro atoms. The van der Waals surface area contributed by atoms with Crippen molar-refractivity contribution in [3.8, 4) is 0 Å². The Kier molecular flexibility index (Phi) is 4.50. The van der Waals surface area contributed by atoms with E-state index in [1.807, 2.05) is 30.9 Å². The lowest BCUT2D eigenvalue weighted by Gasteiger charge is -2.32. The maximum Gasteiger partial charge on any atom is 0.252 e. The van der Waals surface area contributed by atoms with Gasteiger partial charge >= 0.3 is 0 Å². The number of aryl methyl sites for hydroxylation is 2. The summed E-state index contributed by atoms with van der Waals surface area (Å²) >= 11 is 1.75. The highest BCUT2D eigenvalue weighted by Gasteiger charge is 2.28. The number of piperidine rings is 1. The second-order valence-electron chi connectivity index (χ2n) is 7.61. The van der Waals surface area contributed by atoms with Crippen LogP contribution in [0.1, 0.15) is 40.7 Å². The van der Waals surface area contributed by atoms with E-state index >= 15 is 0 Å². The second kappa shape index (κ2) is 7.18. The van der Waals surface area contributed by atoms with Crippen LogP contribution in [-0.4, -0.2) is 48.5 Å². The fourth-order valence-electron chi connectivity index (χ4n) is 4.14. The average molecular weight is 407 g/mol. The molecule has 1 aromatic carbocycles. The van der Waals surface area contributed by atoms with E-state index in [1.54, 1.807) is 15.9 Å². The molecule has 148 valence electrons. The molecular formula is C21H22N6OS. The van der Waals surface area contributed by atoms with E-state index in [9.17, 15) is 4.79 Å². The van der Waals surface area contributed by atoms with Crippen LogP contribution in [0.2, 0.25) is 0 Å². The van der Waals surface area contributed by atoms with Crippen molar-refractivity contribution in [2.75, 3.05) is 13.1 Å². The Bertz CT molecular complexity index is 1180. The van der Waals surface area contributed by atoms with Crippen molar-refractivity contribution < 1.29 is 4.79 Å². The summed E-state index contributed by atoms with van der Waals surface area (Å²) in [7, 11) is 0. The molecule has 0 radical (unpaired) electrons. The van der Waals surface area contributed by atoms with Gasteiger partial charge in [-0.3, -0.25) is 4.79 Å². The number of fused-ring (bicyclic) bond motifs is 2. The first-order valence-electron chi connectivity index (χ1n) is 9.89. The zero-order chi connectivity index (χ0) is 20.0. The van der Waals surface area contributed by atoms with Gasteiger partial charge in [-0.05, 0) is 38.8 Å². The third kappa shape index (κ3) is 3.27. The minimum atomic E-state index is 0.142. The van der Waals surface area contributed by atoms with Crippen molar-refractivity contribution in [1.82, 2.24) is 29.5 Å². The Labute approximate surface area is 172 Å². The van der Waals surface area contributed by atoms with Crippen molar-refractivity contribution in [3.05, 3.63) is 52.6 Å². The highest BCUT2D eigenvalue weighted by Crippen LogP contribution is 2.33. The van der Waals surface area contributed by atoms with E-state index in [0.717, 1.165) is 53.4 Å². The predicted octanol–water partition coefficient (Wildman–Crippen LogP) is 3.30. The summed E-state index contributed by atoms with van der Waals surface area (Å²) in [6.07, 6.45) is 3.92. The summed E-state index contributed by atoms with van der Waals surface area (Å²) in [5, 5.41) is 5.36. The van der Waals surface area contributed by atoms with Crippen LogP contribution in [-0.2, 0) is 11.2 Å². The summed E-state index contributed by atoms with van der Waals surface area (Å²) in [5.41, 5.74) is 3.76. The zero-order valence-electron chi connectivity index (χ0n) is 16.5. The topological polar surface area (TPSA) is 76.3 Å². The lowest BCUT2D eigenvalue weighted by Crippen LogP contribution is -2.40. The zero-order valence-corrected chi connectivity index (χ0v) is 17.3. The van der Waals surface area contributed by atoms with Gasteiger partial charge in [0, 0.05) is 36.0 Å². The molecule has 29 heavy (non-hydrogen) atoms. The molecule has 3 aromatic heterocycles. The maximum absolute atomic E-state index is 13.1. The molecule has 1 amide bonds. The van der Waals surface area contributed by atoms with Crippen LogP contribution in [0.4, 0.5) is 0 Å². The first kappa shape index (κ1) is 18.2. The quantitative estimate of drug-likeness (QED) is 0.522. The number of likely N-dealkylation sites (tertiary alicyclic amines) is 1. The molecule has 1 atom stereocenters. The van der Waals surface area contributed by atoms with Crippen LogP contribution in [0.3, 0.4) is 0 Å². The Morgan fingerprint density at radius 1 is 1.24 bits per heavy atom. The maximum atomic E-state index is 13.1. The molecule has 4 aromatic rings. The minimum absolute atomic E-state index is 0.142. The van der Waals surface area contributed by atoms with E-state index in [2.05, 4.69) is 27.2 Å². The summed E-state index contributed by atoms with van der Waals surface area (Å²) in [5.74, 6) is 1.02. The number of carbonyl (C=O) groups is 1. The Morgan fingerprint density at radius 3 is 2.97 bits per heavy atom. The van der Waals surface area contributed by atoms with Gasteiger partial charge in [-0.15, -0.1) is 11.3 Å². The standard InChI is InChI=1S/C21H22N6OS/c1-13-16(14(2)27-21(24-13)22-12-23-27)10-19(28)26-9-5-6-15(11-26)20-25-17-7-3-4-8-18(17)29-20/h3-4,7-8,12,15H,5-6,9-11H2,1-2H3/t15-/m0/s1. The Morgan fingerprint density at radius 2 is 2.10 bits per heavy atom. The van der Waals surface area contributed by atoms with E-state index in [1.165, 1.54) is 11.0 Å². The number of benzene rings is 1. The summed E-state index contributed by atoms with van der Waals surface area (Å²) in [6.45, 7) is 5.44. The molecule has 1 fully saturated rings. The monoisotopic (exact) mass is 406 g/mol. The number of nitrogens with zero attached hydrogens (tertiary/aromatic N) is 6. The number of carbonyl (C=O) groups excluding carboxylic acids is 1. The van der Waals surface area contributed by atoms with Crippen LogP contribution in [0.5, 0.6) is 0 Å². The third-order valence-corrected chi connectivity index (χ3v) is 6.95. The fraction of sp³-hybridized carbons (Fsp3) is 0.381. The Hall–Kier alpha value is -2.87. The molecular weight excluding hydrogens is 384 g/mol. The molecule has 0 saturated carbocycles. The number of para-hydroxylation sites is 1. The normalized spacial score (nSPS) is 17.3. The molecule has 0 N–H and O–H groups in total. The second-order valence-corrected chi connectivity index (χ2v) is 8.67. The molecule has 0 aliphatic carbocycles. The smallest absolute Gasteiger partial charge is 0.252 e. The summed E-state index contributed by atoms with van der Waals surface area (Å²) in [6, 6.07) is 8.24. The highest BCUT2D eigenvalue weighted by atomic mass is 32.1. The molecule has 4 heterocycles. The first-order chi connectivity index (χ1) is 14.1. The molecule has 1 aliphatic rings. The van der Waals surface area contributed by atoms with Gasteiger partial charge in [0.05, 0.1) is 21.6 Å². The van der Waals surface area contributed by atoms with Gasteiger partial charge in [0.15, 0.2) is 0 Å². The van der Waals surface area contributed by atoms with Gasteiger partial charge in [0.2, 0.25) is 5.91 Å². The highest BCUT2D eigenvalue weighted by molar-refractivity contribution is 7.18. The van der Waals surface area contributed by atoms with E-state index in [0.29, 0.717) is 18.1 Å². The fourth-order valence-corrected chi connectivity index (χ4v) is 5.24. The third-order valence-electron chi connectivity index (χ3n) is 5.75.